The molecule has 0 aliphatic carbocycles. The number of hydrogen-bond acceptors (Lipinski definition) is 8. The van der Waals surface area contributed by atoms with E-state index in [0.29, 0.717) is 12.2 Å². The molecule has 0 aliphatic heterocycles. The Hall–Kier alpha value is -2.24. The zero-order chi connectivity index (χ0) is 15.9. The molecule has 9 nitrogen and oxygen atoms in total. The van der Waals surface area contributed by atoms with Crippen molar-refractivity contribution < 1.29 is 19.1 Å². The molecule has 0 saturated carbocycles. The van der Waals surface area contributed by atoms with E-state index in [1.807, 2.05) is 0 Å². The number of nitrogens with two attached hydrogens (primary N) is 1. The fourth-order valence-corrected chi connectivity index (χ4v) is 1.91. The number of rotatable bonds is 6. The number of halogens is 2. The number of benzene rings is 1. The minimum Gasteiger partial charge on any atom is -0.409 e. The van der Waals surface area contributed by atoms with Crippen molar-refractivity contribution in [2.45, 2.75) is 0 Å². The molecule has 0 atom stereocenters. The van der Waals surface area contributed by atoms with E-state index in [1.165, 1.54) is 18.2 Å². The molecule has 1 aromatic carbocycles. The molecule has 2 aromatic rings. The molecule has 0 saturated heterocycles. The van der Waals surface area contributed by atoms with Gasteiger partial charge in [-0.3, -0.25) is 0 Å². The van der Waals surface area contributed by atoms with E-state index >= 15 is 0 Å². The van der Waals surface area contributed by atoms with Crippen LogP contribution in [0.25, 0.3) is 0 Å². The van der Waals surface area contributed by atoms with E-state index < -0.39 is 5.82 Å². The van der Waals surface area contributed by atoms with Crippen LogP contribution in [0.5, 0.6) is 0 Å². The van der Waals surface area contributed by atoms with Gasteiger partial charge in [0.15, 0.2) is 5.69 Å². The van der Waals surface area contributed by atoms with Crippen LogP contribution < -0.4 is 16.5 Å². The maximum atomic E-state index is 13.2. The van der Waals surface area contributed by atoms with Crippen molar-refractivity contribution >= 4 is 33.3 Å². The number of aromatic nitrogens is 2. The summed E-state index contributed by atoms with van der Waals surface area (Å²) in [6.07, 6.45) is 0. The van der Waals surface area contributed by atoms with Gasteiger partial charge in [-0.2, -0.15) is 0 Å². The van der Waals surface area contributed by atoms with Crippen LogP contribution in [0.3, 0.4) is 0 Å². The molecule has 0 amide bonds. The lowest BCUT2D eigenvalue weighted by Gasteiger charge is -2.08. The molecule has 2 rings (SSSR count). The van der Waals surface area contributed by atoms with E-state index in [9.17, 15) is 4.39 Å². The van der Waals surface area contributed by atoms with Crippen LogP contribution in [-0.4, -0.2) is 34.5 Å². The fourth-order valence-electron chi connectivity index (χ4n) is 1.53. The third kappa shape index (κ3) is 3.90. The predicted octanol–water partition coefficient (Wildman–Crippen LogP) is 1.52. The second-order valence-corrected chi connectivity index (χ2v) is 4.82. The van der Waals surface area contributed by atoms with Gasteiger partial charge in [0, 0.05) is 12.2 Å². The molecule has 11 heteroatoms. The SMILES string of the molecule is NOCCNc1nonc1/C(=N/O)Nc1ccc(F)c(Br)c1. The Morgan fingerprint density at radius 2 is 2.32 bits per heavy atom. The van der Waals surface area contributed by atoms with Gasteiger partial charge < -0.3 is 20.7 Å². The second-order valence-electron chi connectivity index (χ2n) is 3.96. The summed E-state index contributed by atoms with van der Waals surface area (Å²) in [7, 11) is 0. The molecular formula is C11H12BrFN6O3. The summed E-state index contributed by atoms with van der Waals surface area (Å²) < 4.78 is 18.1. The zero-order valence-electron chi connectivity index (χ0n) is 11.1. The predicted molar refractivity (Wildman–Crippen MR) is 79.0 cm³/mol. The number of amidine groups is 1. The van der Waals surface area contributed by atoms with Crippen molar-refractivity contribution in [2.24, 2.45) is 11.1 Å². The van der Waals surface area contributed by atoms with Crippen LogP contribution in [0, 0.1) is 5.82 Å². The third-order valence-corrected chi connectivity index (χ3v) is 3.12. The summed E-state index contributed by atoms with van der Waals surface area (Å²) >= 11 is 3.06. The summed E-state index contributed by atoms with van der Waals surface area (Å²) in [4.78, 5) is 4.41. The number of anilines is 2. The van der Waals surface area contributed by atoms with Crippen molar-refractivity contribution in [3.63, 3.8) is 0 Å². The molecule has 0 radical (unpaired) electrons. The summed E-state index contributed by atoms with van der Waals surface area (Å²) in [5.74, 6) is 4.70. The normalized spacial score (nSPS) is 11.5. The Balaban J connectivity index is 2.15. The van der Waals surface area contributed by atoms with E-state index in [0.717, 1.165) is 0 Å². The van der Waals surface area contributed by atoms with Crippen LogP contribution in [0.15, 0.2) is 32.5 Å². The minimum absolute atomic E-state index is 0.0316. The molecule has 0 spiro atoms. The van der Waals surface area contributed by atoms with Crippen molar-refractivity contribution in [2.75, 3.05) is 23.8 Å². The first-order valence-corrected chi connectivity index (χ1v) is 6.77. The van der Waals surface area contributed by atoms with Gasteiger partial charge in [-0.1, -0.05) is 5.16 Å². The fraction of sp³-hybridized carbons (Fsp3) is 0.182. The number of nitrogens with one attached hydrogen (secondary N) is 2. The lowest BCUT2D eigenvalue weighted by molar-refractivity contribution is 0.148. The van der Waals surface area contributed by atoms with E-state index in [2.05, 4.69) is 51.5 Å². The van der Waals surface area contributed by atoms with Gasteiger partial charge in [0.1, 0.15) is 5.82 Å². The monoisotopic (exact) mass is 374 g/mol. The van der Waals surface area contributed by atoms with Gasteiger partial charge in [-0.25, -0.2) is 14.9 Å². The Bertz CT molecular complexity index is 665. The number of hydrogen-bond donors (Lipinski definition) is 4. The molecule has 0 fully saturated rings. The molecule has 5 N–H and O–H groups in total. The molecular weight excluding hydrogens is 363 g/mol. The van der Waals surface area contributed by atoms with Gasteiger partial charge in [0.05, 0.1) is 11.1 Å². The van der Waals surface area contributed by atoms with Gasteiger partial charge in [-0.05, 0) is 44.4 Å². The van der Waals surface area contributed by atoms with Gasteiger partial charge in [-0.15, -0.1) is 0 Å². The Morgan fingerprint density at radius 3 is 3.00 bits per heavy atom. The molecule has 0 unspecified atom stereocenters. The van der Waals surface area contributed by atoms with Crippen molar-refractivity contribution in [3.8, 4) is 0 Å². The molecule has 118 valence electrons. The summed E-state index contributed by atoms with van der Waals surface area (Å²) in [5, 5.41) is 25.1. The molecule has 1 aromatic heterocycles. The maximum absolute atomic E-state index is 13.2. The van der Waals surface area contributed by atoms with E-state index in [4.69, 9.17) is 11.1 Å². The minimum atomic E-state index is -0.416. The first-order chi connectivity index (χ1) is 10.7. The molecule has 1 heterocycles. The molecule has 0 aliphatic rings. The topological polar surface area (TPSA) is 131 Å². The zero-order valence-corrected chi connectivity index (χ0v) is 12.7. The smallest absolute Gasteiger partial charge is 0.203 e. The second kappa shape index (κ2) is 7.68. The lowest BCUT2D eigenvalue weighted by atomic mass is 10.3. The van der Waals surface area contributed by atoms with Crippen molar-refractivity contribution in [1.29, 1.82) is 0 Å². The number of oxime groups is 1. The largest absolute Gasteiger partial charge is 0.409 e. The van der Waals surface area contributed by atoms with E-state index in [1.54, 1.807) is 0 Å². The highest BCUT2D eigenvalue weighted by Crippen LogP contribution is 2.21. The highest BCUT2D eigenvalue weighted by atomic mass is 79.9. The summed E-state index contributed by atoms with van der Waals surface area (Å²) in [5.41, 5.74) is 0.611. The van der Waals surface area contributed by atoms with Gasteiger partial charge in [0.2, 0.25) is 11.7 Å². The third-order valence-electron chi connectivity index (χ3n) is 2.51. The number of nitrogens with zero attached hydrogens (tertiary/aromatic N) is 3. The van der Waals surface area contributed by atoms with Crippen LogP contribution in [0.4, 0.5) is 15.9 Å². The average molecular weight is 375 g/mol. The first kappa shape index (κ1) is 16.1. The highest BCUT2D eigenvalue weighted by Gasteiger charge is 2.17. The summed E-state index contributed by atoms with van der Waals surface area (Å²) in [6.45, 7) is 0.578. The molecule has 0 bridgehead atoms. The van der Waals surface area contributed by atoms with E-state index in [-0.39, 0.29) is 28.4 Å². The van der Waals surface area contributed by atoms with Crippen LogP contribution in [-0.2, 0) is 4.84 Å². The maximum Gasteiger partial charge on any atom is 0.203 e. The average Bonchev–Trinajstić information content (AvgIpc) is 2.97. The first-order valence-electron chi connectivity index (χ1n) is 5.98. The lowest BCUT2D eigenvalue weighted by Crippen LogP contribution is -2.18. The van der Waals surface area contributed by atoms with Crippen molar-refractivity contribution in [1.82, 2.24) is 10.3 Å². The Kier molecular flexibility index (Phi) is 5.63. The van der Waals surface area contributed by atoms with Crippen molar-refractivity contribution in [3.05, 3.63) is 34.2 Å². The standard InChI is InChI=1S/C11H12BrFN6O3/c12-7-5-6(1-2-8(7)13)16-11(17-20)9-10(19-22-18-9)15-3-4-21-14/h1-2,5,20H,3-4,14H2,(H,15,19)(H,16,17). The van der Waals surface area contributed by atoms with Gasteiger partial charge in [0.25, 0.3) is 0 Å². The van der Waals surface area contributed by atoms with Gasteiger partial charge >= 0.3 is 0 Å². The summed E-state index contributed by atoms with van der Waals surface area (Å²) in [6, 6.07) is 4.19. The Labute approximate surface area is 132 Å². The van der Waals surface area contributed by atoms with Crippen LogP contribution in [0.1, 0.15) is 5.69 Å². The van der Waals surface area contributed by atoms with Crippen LogP contribution in [0.2, 0.25) is 0 Å². The molecule has 22 heavy (non-hydrogen) atoms. The Morgan fingerprint density at radius 1 is 1.50 bits per heavy atom. The van der Waals surface area contributed by atoms with Crippen LogP contribution >= 0.6 is 15.9 Å². The quantitative estimate of drug-likeness (QED) is 0.197. The highest BCUT2D eigenvalue weighted by molar-refractivity contribution is 9.10.